The molecule has 30 heavy (non-hydrogen) atoms. The van der Waals surface area contributed by atoms with Gasteiger partial charge in [0.1, 0.15) is 5.75 Å². The summed E-state index contributed by atoms with van der Waals surface area (Å²) in [5.74, 6) is 0.146. The number of hydrogen-bond acceptors (Lipinski definition) is 4. The quantitative estimate of drug-likeness (QED) is 0.550. The highest BCUT2D eigenvalue weighted by Gasteiger charge is 2.18. The van der Waals surface area contributed by atoms with Crippen LogP contribution in [0.2, 0.25) is 0 Å². The average Bonchev–Trinajstić information content (AvgIpc) is 2.76. The van der Waals surface area contributed by atoms with Crippen LogP contribution in [0.15, 0.2) is 77.6 Å². The standard InChI is InChI=1S/C24H21N3O3/c1-16-12-13-21(30-2)20(14-16)25-23(28)22-18-10-6-7-11-19(18)24(29)27(26-22)15-17-8-4-3-5-9-17/h3-14H,15H2,1-2H3,(H,25,28). The van der Waals surface area contributed by atoms with E-state index in [4.69, 9.17) is 4.74 Å². The third kappa shape index (κ3) is 3.80. The number of anilines is 1. The number of ether oxygens (including phenoxy) is 1. The molecule has 0 radical (unpaired) electrons. The number of methoxy groups -OCH3 is 1. The summed E-state index contributed by atoms with van der Waals surface area (Å²) >= 11 is 0. The Balaban J connectivity index is 1.80. The lowest BCUT2D eigenvalue weighted by Crippen LogP contribution is -2.28. The second kappa shape index (κ2) is 8.21. The van der Waals surface area contributed by atoms with Crippen molar-refractivity contribution in [2.45, 2.75) is 13.5 Å². The van der Waals surface area contributed by atoms with Crippen LogP contribution in [-0.4, -0.2) is 22.8 Å². The van der Waals surface area contributed by atoms with Crippen LogP contribution in [0.1, 0.15) is 21.6 Å². The summed E-state index contributed by atoms with van der Waals surface area (Å²) in [5, 5.41) is 8.26. The van der Waals surface area contributed by atoms with Gasteiger partial charge in [-0.3, -0.25) is 9.59 Å². The van der Waals surface area contributed by atoms with Crippen LogP contribution >= 0.6 is 0 Å². The second-order valence-electron chi connectivity index (χ2n) is 7.00. The summed E-state index contributed by atoms with van der Waals surface area (Å²) in [6.45, 7) is 2.21. The minimum atomic E-state index is -0.406. The molecule has 0 aliphatic heterocycles. The molecule has 6 nitrogen and oxygen atoms in total. The normalized spacial score (nSPS) is 10.7. The van der Waals surface area contributed by atoms with E-state index in [9.17, 15) is 9.59 Å². The molecule has 1 heterocycles. The zero-order valence-electron chi connectivity index (χ0n) is 16.8. The van der Waals surface area contributed by atoms with E-state index in [1.54, 1.807) is 37.4 Å². The summed E-state index contributed by atoms with van der Waals surface area (Å²) in [6.07, 6.45) is 0. The third-order valence-electron chi connectivity index (χ3n) is 4.86. The Bertz CT molecular complexity index is 1280. The molecule has 0 aliphatic carbocycles. The van der Waals surface area contributed by atoms with Crippen molar-refractivity contribution in [2.24, 2.45) is 0 Å². The van der Waals surface area contributed by atoms with Gasteiger partial charge < -0.3 is 10.1 Å². The van der Waals surface area contributed by atoms with Gasteiger partial charge in [0, 0.05) is 5.39 Å². The molecule has 1 N–H and O–H groups in total. The highest BCUT2D eigenvalue weighted by atomic mass is 16.5. The van der Waals surface area contributed by atoms with Crippen molar-refractivity contribution in [3.05, 3.63) is 100.0 Å². The zero-order valence-corrected chi connectivity index (χ0v) is 16.8. The number of hydrogen-bond donors (Lipinski definition) is 1. The summed E-state index contributed by atoms with van der Waals surface area (Å²) in [5.41, 5.74) is 2.41. The average molecular weight is 399 g/mol. The molecule has 0 saturated heterocycles. The van der Waals surface area contributed by atoms with Crippen LogP contribution in [0.25, 0.3) is 10.8 Å². The van der Waals surface area contributed by atoms with E-state index in [0.717, 1.165) is 11.1 Å². The molecule has 0 fully saturated rings. The van der Waals surface area contributed by atoms with Crippen molar-refractivity contribution in [1.29, 1.82) is 0 Å². The van der Waals surface area contributed by atoms with Crippen molar-refractivity contribution in [3.63, 3.8) is 0 Å². The molecule has 0 aliphatic rings. The molecular formula is C24H21N3O3. The first-order chi connectivity index (χ1) is 14.6. The van der Waals surface area contributed by atoms with Gasteiger partial charge in [0.2, 0.25) is 0 Å². The van der Waals surface area contributed by atoms with Crippen molar-refractivity contribution in [3.8, 4) is 5.75 Å². The van der Waals surface area contributed by atoms with Gasteiger partial charge in [-0.25, -0.2) is 4.68 Å². The third-order valence-corrected chi connectivity index (χ3v) is 4.86. The van der Waals surface area contributed by atoms with Crippen LogP contribution in [0.3, 0.4) is 0 Å². The van der Waals surface area contributed by atoms with E-state index in [1.165, 1.54) is 4.68 Å². The number of aryl methyl sites for hydroxylation is 1. The number of rotatable bonds is 5. The fourth-order valence-electron chi connectivity index (χ4n) is 3.37. The largest absolute Gasteiger partial charge is 0.495 e. The number of nitrogens with one attached hydrogen (secondary N) is 1. The summed E-state index contributed by atoms with van der Waals surface area (Å²) in [4.78, 5) is 26.1. The second-order valence-corrected chi connectivity index (χ2v) is 7.00. The van der Waals surface area contributed by atoms with Crippen LogP contribution in [0.5, 0.6) is 5.75 Å². The molecule has 1 amide bonds. The van der Waals surface area contributed by atoms with Crippen molar-refractivity contribution < 1.29 is 9.53 Å². The molecule has 0 spiro atoms. The van der Waals surface area contributed by atoms with E-state index in [2.05, 4.69) is 10.4 Å². The number of amides is 1. The molecule has 0 bridgehead atoms. The molecule has 4 aromatic rings. The number of aromatic nitrogens is 2. The fraction of sp³-hybridized carbons (Fsp3) is 0.125. The van der Waals surface area contributed by atoms with E-state index in [1.807, 2.05) is 49.4 Å². The van der Waals surface area contributed by atoms with E-state index in [-0.39, 0.29) is 17.8 Å². The number of benzene rings is 3. The monoisotopic (exact) mass is 399 g/mol. The van der Waals surface area contributed by atoms with Gasteiger partial charge >= 0.3 is 0 Å². The van der Waals surface area contributed by atoms with Crippen molar-refractivity contribution in [2.75, 3.05) is 12.4 Å². The fourth-order valence-corrected chi connectivity index (χ4v) is 3.37. The lowest BCUT2D eigenvalue weighted by Gasteiger charge is -2.13. The first-order valence-electron chi connectivity index (χ1n) is 9.56. The number of carbonyl (C=O) groups is 1. The Hall–Kier alpha value is -3.93. The predicted octanol–water partition coefficient (Wildman–Crippen LogP) is 4.01. The van der Waals surface area contributed by atoms with Gasteiger partial charge in [0.15, 0.2) is 5.69 Å². The summed E-state index contributed by atoms with van der Waals surface area (Å²) in [6, 6.07) is 22.1. The van der Waals surface area contributed by atoms with Gasteiger partial charge in [-0.2, -0.15) is 5.10 Å². The van der Waals surface area contributed by atoms with Crippen molar-refractivity contribution in [1.82, 2.24) is 9.78 Å². The lowest BCUT2D eigenvalue weighted by molar-refractivity contribution is 0.102. The Morgan fingerprint density at radius 3 is 2.43 bits per heavy atom. The molecule has 0 unspecified atom stereocenters. The maximum Gasteiger partial charge on any atom is 0.276 e. The molecule has 150 valence electrons. The molecule has 0 saturated carbocycles. The molecule has 3 aromatic carbocycles. The predicted molar refractivity (Wildman–Crippen MR) is 117 cm³/mol. The van der Waals surface area contributed by atoms with Gasteiger partial charge in [0.05, 0.1) is 24.7 Å². The highest BCUT2D eigenvalue weighted by Crippen LogP contribution is 2.26. The molecular weight excluding hydrogens is 378 g/mol. The van der Waals surface area contributed by atoms with Crippen LogP contribution in [-0.2, 0) is 6.54 Å². The molecule has 0 atom stereocenters. The maximum atomic E-state index is 13.2. The lowest BCUT2D eigenvalue weighted by atomic mass is 10.1. The van der Waals surface area contributed by atoms with Crippen molar-refractivity contribution >= 4 is 22.4 Å². The first kappa shape index (κ1) is 19.4. The molecule has 4 rings (SSSR count). The van der Waals surface area contributed by atoms with Gasteiger partial charge in [-0.1, -0.05) is 54.6 Å². The molecule has 1 aromatic heterocycles. The van der Waals surface area contributed by atoms with Crippen LogP contribution in [0, 0.1) is 6.92 Å². The zero-order chi connectivity index (χ0) is 21.1. The summed E-state index contributed by atoms with van der Waals surface area (Å²) in [7, 11) is 1.55. The number of nitrogens with zero attached hydrogens (tertiary/aromatic N) is 2. The maximum absolute atomic E-state index is 13.2. The van der Waals surface area contributed by atoms with Gasteiger partial charge in [-0.15, -0.1) is 0 Å². The molecule has 6 heteroatoms. The van der Waals surface area contributed by atoms with E-state index < -0.39 is 5.91 Å². The Morgan fingerprint density at radius 1 is 1.00 bits per heavy atom. The van der Waals surface area contributed by atoms with E-state index in [0.29, 0.717) is 22.2 Å². The smallest absolute Gasteiger partial charge is 0.276 e. The first-order valence-corrected chi connectivity index (χ1v) is 9.56. The minimum absolute atomic E-state index is 0.185. The Labute approximate surface area is 173 Å². The summed E-state index contributed by atoms with van der Waals surface area (Å²) < 4.78 is 6.69. The van der Waals surface area contributed by atoms with Crippen LogP contribution in [0.4, 0.5) is 5.69 Å². The Morgan fingerprint density at radius 2 is 1.70 bits per heavy atom. The number of fused-ring (bicyclic) bond motifs is 1. The number of carbonyl (C=O) groups excluding carboxylic acids is 1. The Kier molecular flexibility index (Phi) is 5.30. The van der Waals surface area contributed by atoms with E-state index >= 15 is 0 Å². The van der Waals surface area contributed by atoms with Gasteiger partial charge in [0.25, 0.3) is 11.5 Å². The SMILES string of the molecule is COc1ccc(C)cc1NC(=O)c1nn(Cc2ccccc2)c(=O)c2ccccc12. The van der Waals surface area contributed by atoms with Crippen LogP contribution < -0.4 is 15.6 Å². The highest BCUT2D eigenvalue weighted by molar-refractivity contribution is 6.11. The van der Waals surface area contributed by atoms with Gasteiger partial charge in [-0.05, 0) is 36.2 Å². The topological polar surface area (TPSA) is 73.2 Å². The minimum Gasteiger partial charge on any atom is -0.495 e.